The molecule has 0 aromatic heterocycles. The first-order valence-corrected chi connectivity index (χ1v) is 5.50. The number of hydrogen-bond donors (Lipinski definition) is 0. The summed E-state index contributed by atoms with van der Waals surface area (Å²) in [5.41, 5.74) is 1.44. The molecule has 0 radical (unpaired) electrons. The van der Waals surface area contributed by atoms with Gasteiger partial charge in [-0.3, -0.25) is 0 Å². The zero-order valence-electron chi connectivity index (χ0n) is 9.66. The average molecular weight is 190 g/mol. The van der Waals surface area contributed by atoms with E-state index in [-0.39, 0.29) is 0 Å². The quantitative estimate of drug-likeness (QED) is 0.610. The van der Waals surface area contributed by atoms with E-state index >= 15 is 0 Å². The summed E-state index contributed by atoms with van der Waals surface area (Å²) in [7, 11) is 0. The summed E-state index contributed by atoms with van der Waals surface area (Å²) in [4.78, 5) is 0. The molecular weight excluding hydrogens is 168 g/mol. The van der Waals surface area contributed by atoms with Crippen LogP contribution in [0.25, 0.3) is 0 Å². The van der Waals surface area contributed by atoms with Crippen LogP contribution in [-0.2, 0) is 6.42 Å². The summed E-state index contributed by atoms with van der Waals surface area (Å²) in [6.45, 7) is 6.36. The van der Waals surface area contributed by atoms with E-state index in [0.717, 1.165) is 6.42 Å². The van der Waals surface area contributed by atoms with Crippen molar-refractivity contribution in [2.24, 2.45) is 0 Å². The first kappa shape index (κ1) is 13.0. The Balaban J connectivity index is 0.000000292. The lowest BCUT2D eigenvalue weighted by atomic mass is 10.1. The summed E-state index contributed by atoms with van der Waals surface area (Å²) < 4.78 is 0. The topological polar surface area (TPSA) is 0 Å². The van der Waals surface area contributed by atoms with Crippen LogP contribution in [0.5, 0.6) is 0 Å². The minimum absolute atomic E-state index is 1.16. The van der Waals surface area contributed by atoms with E-state index in [1.807, 2.05) is 6.92 Å². The predicted octanol–water partition coefficient (Wildman–Crippen LogP) is 4.61. The molecule has 78 valence electrons. The van der Waals surface area contributed by atoms with Gasteiger partial charge < -0.3 is 0 Å². The van der Waals surface area contributed by atoms with Gasteiger partial charge >= 0.3 is 0 Å². The lowest BCUT2D eigenvalue weighted by Crippen LogP contribution is -1.78. The third kappa shape index (κ3) is 7.60. The molecule has 0 aliphatic carbocycles. The molecule has 1 rings (SSSR count). The Morgan fingerprint density at radius 3 is 2.07 bits per heavy atom. The Morgan fingerprint density at radius 1 is 1.07 bits per heavy atom. The van der Waals surface area contributed by atoms with Crippen molar-refractivity contribution in [3.05, 3.63) is 48.0 Å². The van der Waals surface area contributed by atoms with Crippen molar-refractivity contribution < 1.29 is 0 Å². The molecule has 0 fully saturated rings. The first-order valence-electron chi connectivity index (χ1n) is 5.50. The van der Waals surface area contributed by atoms with Crippen LogP contribution in [-0.4, -0.2) is 0 Å². The van der Waals surface area contributed by atoms with Gasteiger partial charge in [0, 0.05) is 0 Å². The summed E-state index contributed by atoms with van der Waals surface area (Å²) in [5, 5.41) is 0. The highest BCUT2D eigenvalue weighted by Gasteiger charge is 1.84. The van der Waals surface area contributed by atoms with Crippen LogP contribution in [0.4, 0.5) is 0 Å². The standard InChI is InChI=1S/C9H12.C5H10/c1-2-6-9-7-4-3-5-8-9;1-3-5-4-2/h3-5,7-8H,2,6H2,1H3;3,5H,4H2,1-2H3. The highest BCUT2D eigenvalue weighted by atomic mass is 13.9. The first-order chi connectivity index (χ1) is 6.85. The number of aryl methyl sites for hydroxylation is 1. The fraction of sp³-hybridized carbons (Fsp3) is 0.429. The van der Waals surface area contributed by atoms with Crippen molar-refractivity contribution in [3.8, 4) is 0 Å². The highest BCUT2D eigenvalue weighted by molar-refractivity contribution is 5.14. The van der Waals surface area contributed by atoms with Crippen LogP contribution < -0.4 is 0 Å². The third-order valence-corrected chi connectivity index (χ3v) is 1.85. The second-order valence-corrected chi connectivity index (χ2v) is 3.21. The van der Waals surface area contributed by atoms with Crippen LogP contribution in [0.1, 0.15) is 39.2 Å². The van der Waals surface area contributed by atoms with E-state index in [9.17, 15) is 0 Å². The smallest absolute Gasteiger partial charge is 0.0281 e. The van der Waals surface area contributed by atoms with Crippen molar-refractivity contribution in [1.82, 2.24) is 0 Å². The maximum atomic E-state index is 2.20. The van der Waals surface area contributed by atoms with Crippen LogP contribution in [0.2, 0.25) is 0 Å². The van der Waals surface area contributed by atoms with E-state index in [2.05, 4.69) is 56.3 Å². The summed E-state index contributed by atoms with van der Waals surface area (Å²) in [5.74, 6) is 0. The normalized spacial score (nSPS) is 9.64. The molecule has 0 saturated heterocycles. The van der Waals surface area contributed by atoms with Gasteiger partial charge in [0.15, 0.2) is 0 Å². The summed E-state index contributed by atoms with van der Waals surface area (Å²) in [6.07, 6.45) is 7.79. The van der Waals surface area contributed by atoms with Gasteiger partial charge in [-0.15, -0.1) is 0 Å². The summed E-state index contributed by atoms with van der Waals surface area (Å²) in [6, 6.07) is 10.6. The van der Waals surface area contributed by atoms with Crippen molar-refractivity contribution in [2.45, 2.75) is 40.0 Å². The Morgan fingerprint density at radius 2 is 1.71 bits per heavy atom. The molecule has 0 unspecified atom stereocenters. The van der Waals surface area contributed by atoms with Gasteiger partial charge in [0.2, 0.25) is 0 Å². The second-order valence-electron chi connectivity index (χ2n) is 3.21. The van der Waals surface area contributed by atoms with Crippen LogP contribution in [0.3, 0.4) is 0 Å². The van der Waals surface area contributed by atoms with Crippen molar-refractivity contribution >= 4 is 0 Å². The molecule has 0 nitrogen and oxygen atoms in total. The Hall–Kier alpha value is -1.04. The maximum Gasteiger partial charge on any atom is -0.0281 e. The van der Waals surface area contributed by atoms with Crippen LogP contribution >= 0.6 is 0 Å². The maximum absolute atomic E-state index is 2.20. The molecule has 0 heteroatoms. The molecule has 0 atom stereocenters. The van der Waals surface area contributed by atoms with Gasteiger partial charge in [0.25, 0.3) is 0 Å². The molecule has 0 saturated carbocycles. The minimum Gasteiger partial charge on any atom is -0.0917 e. The molecule has 0 heterocycles. The zero-order chi connectivity index (χ0) is 10.6. The average Bonchev–Trinajstić information content (AvgIpc) is 2.22. The Kier molecular flexibility index (Phi) is 9.30. The molecule has 0 spiro atoms. The number of benzene rings is 1. The van der Waals surface area contributed by atoms with Crippen molar-refractivity contribution in [1.29, 1.82) is 0 Å². The third-order valence-electron chi connectivity index (χ3n) is 1.85. The molecule has 1 aromatic rings. The molecule has 14 heavy (non-hydrogen) atoms. The number of hydrogen-bond acceptors (Lipinski definition) is 0. The molecule has 0 N–H and O–H groups in total. The van der Waals surface area contributed by atoms with Gasteiger partial charge in [-0.2, -0.15) is 0 Å². The lowest BCUT2D eigenvalue weighted by molar-refractivity contribution is 0.922. The Bertz CT molecular complexity index is 221. The molecule has 0 bridgehead atoms. The molecule has 0 aliphatic heterocycles. The molecule has 1 aromatic carbocycles. The minimum atomic E-state index is 1.16. The van der Waals surface area contributed by atoms with Crippen LogP contribution in [0.15, 0.2) is 42.5 Å². The van der Waals surface area contributed by atoms with Crippen molar-refractivity contribution in [3.63, 3.8) is 0 Å². The van der Waals surface area contributed by atoms with E-state index in [1.54, 1.807) is 0 Å². The number of rotatable bonds is 3. The van der Waals surface area contributed by atoms with E-state index in [0.29, 0.717) is 0 Å². The predicted molar refractivity (Wildman–Crippen MR) is 65.5 cm³/mol. The molecular formula is C14H22. The fourth-order valence-corrected chi connectivity index (χ4v) is 1.17. The van der Waals surface area contributed by atoms with Crippen LogP contribution in [0, 0.1) is 0 Å². The van der Waals surface area contributed by atoms with E-state index in [1.165, 1.54) is 18.4 Å². The highest BCUT2D eigenvalue weighted by Crippen LogP contribution is 2.00. The van der Waals surface area contributed by atoms with Gasteiger partial charge in [0.1, 0.15) is 0 Å². The molecule has 0 aliphatic rings. The van der Waals surface area contributed by atoms with Crippen molar-refractivity contribution in [2.75, 3.05) is 0 Å². The Labute approximate surface area is 88.7 Å². The summed E-state index contributed by atoms with van der Waals surface area (Å²) >= 11 is 0. The van der Waals surface area contributed by atoms with E-state index in [4.69, 9.17) is 0 Å². The zero-order valence-corrected chi connectivity index (χ0v) is 9.66. The molecule has 0 amide bonds. The number of allylic oxidation sites excluding steroid dienone is 2. The van der Waals surface area contributed by atoms with Gasteiger partial charge in [-0.1, -0.05) is 62.8 Å². The van der Waals surface area contributed by atoms with Gasteiger partial charge in [-0.05, 0) is 25.3 Å². The largest absolute Gasteiger partial charge is 0.0917 e. The monoisotopic (exact) mass is 190 g/mol. The van der Waals surface area contributed by atoms with Gasteiger partial charge in [-0.25, -0.2) is 0 Å². The SMILES string of the molecule is CC=CCC.CCCc1ccccc1. The van der Waals surface area contributed by atoms with Gasteiger partial charge in [0.05, 0.1) is 0 Å². The fourth-order valence-electron chi connectivity index (χ4n) is 1.17. The lowest BCUT2D eigenvalue weighted by Gasteiger charge is -1.93. The second kappa shape index (κ2) is 10.0. The van der Waals surface area contributed by atoms with E-state index < -0.39 is 0 Å².